The molecule has 10 heteroatoms. The maximum Gasteiger partial charge on any atom is 0.465 e. The Morgan fingerprint density at radius 1 is 1.44 bits per heavy atom. The average Bonchev–Trinajstić information content (AvgIpc) is 2.50. The van der Waals surface area contributed by atoms with Crippen LogP contribution < -0.4 is 0 Å². The number of allylic oxidation sites excluding steroid dienone is 1. The predicted molar refractivity (Wildman–Crippen MR) is 81.2 cm³/mol. The highest BCUT2D eigenvalue weighted by atomic mass is 32.2. The van der Waals surface area contributed by atoms with Crippen molar-refractivity contribution in [2.75, 3.05) is 6.61 Å². The highest BCUT2D eigenvalue weighted by Crippen LogP contribution is 2.39. The topological polar surface area (TPSA) is 107 Å². The van der Waals surface area contributed by atoms with Crippen molar-refractivity contribution in [1.29, 1.82) is 0 Å². The van der Waals surface area contributed by atoms with Gasteiger partial charge in [0.1, 0.15) is 6.10 Å². The summed E-state index contributed by atoms with van der Waals surface area (Å²) in [5, 5.41) is -5.13. The van der Waals surface area contributed by atoms with Crippen LogP contribution in [0.1, 0.15) is 39.0 Å². The first-order chi connectivity index (χ1) is 11.5. The smallest absolute Gasteiger partial charge is 0.460 e. The van der Waals surface area contributed by atoms with Crippen LogP contribution in [-0.4, -0.2) is 42.9 Å². The minimum atomic E-state index is -5.97. The molecule has 1 saturated carbocycles. The Morgan fingerprint density at radius 2 is 2.12 bits per heavy atom. The van der Waals surface area contributed by atoms with Crippen LogP contribution in [0.5, 0.6) is 0 Å². The van der Waals surface area contributed by atoms with Crippen molar-refractivity contribution in [3.05, 3.63) is 11.6 Å². The Labute approximate surface area is 144 Å². The molecule has 0 aromatic rings. The van der Waals surface area contributed by atoms with Crippen molar-refractivity contribution < 1.29 is 40.8 Å². The van der Waals surface area contributed by atoms with Crippen molar-refractivity contribution in [2.24, 2.45) is 11.8 Å². The van der Waals surface area contributed by atoms with Crippen LogP contribution in [0.3, 0.4) is 0 Å². The third-order valence-corrected chi connectivity index (χ3v) is 5.33. The van der Waals surface area contributed by atoms with E-state index in [0.717, 1.165) is 32.1 Å². The molecule has 2 rings (SSSR count). The number of rotatable bonds is 6. The number of fused-ring (bicyclic) bond motifs is 2. The van der Waals surface area contributed by atoms with Gasteiger partial charge in [-0.1, -0.05) is 11.6 Å². The Bertz CT molecular complexity index is 671. The van der Waals surface area contributed by atoms with Crippen LogP contribution in [0.15, 0.2) is 11.6 Å². The highest BCUT2D eigenvalue weighted by molar-refractivity contribution is 7.87. The third kappa shape index (κ3) is 4.75. The van der Waals surface area contributed by atoms with Crippen LogP contribution >= 0.6 is 0 Å². The second-order valence-electron chi connectivity index (χ2n) is 6.45. The average molecular weight is 382 g/mol. The normalized spacial score (nSPS) is 24.9. The van der Waals surface area contributed by atoms with Gasteiger partial charge in [0.05, 0.1) is 0 Å². The van der Waals surface area contributed by atoms with E-state index in [1.54, 1.807) is 6.92 Å². The SMILES string of the molecule is CC(OC(=O)COC(=O)C(F)(F)S(=O)(=O)O)C1C=C2CCCC(C2)C1. The van der Waals surface area contributed by atoms with Crippen LogP contribution in [0, 0.1) is 11.8 Å². The summed E-state index contributed by atoms with van der Waals surface area (Å²) in [6.07, 6.45) is 6.76. The molecule has 0 aliphatic heterocycles. The first-order valence-electron chi connectivity index (χ1n) is 7.92. The molecule has 2 aliphatic carbocycles. The molecule has 1 N–H and O–H groups in total. The van der Waals surface area contributed by atoms with Gasteiger partial charge in [-0.3, -0.25) is 4.55 Å². The van der Waals surface area contributed by atoms with Crippen molar-refractivity contribution in [1.82, 2.24) is 0 Å². The molecular weight excluding hydrogens is 362 g/mol. The maximum absolute atomic E-state index is 13.0. The summed E-state index contributed by atoms with van der Waals surface area (Å²) in [5.41, 5.74) is 1.33. The number of alkyl halides is 2. The summed E-state index contributed by atoms with van der Waals surface area (Å²) in [5.74, 6) is -3.05. The number of hydrogen-bond acceptors (Lipinski definition) is 6. The quantitative estimate of drug-likeness (QED) is 0.426. The number of carbonyl (C=O) groups excluding carboxylic acids is 2. The van der Waals surface area contributed by atoms with Gasteiger partial charge in [0, 0.05) is 5.92 Å². The van der Waals surface area contributed by atoms with Gasteiger partial charge < -0.3 is 9.47 Å². The van der Waals surface area contributed by atoms with Gasteiger partial charge in [-0.2, -0.15) is 17.2 Å². The molecule has 3 unspecified atom stereocenters. The first kappa shape index (κ1) is 19.8. The van der Waals surface area contributed by atoms with E-state index in [2.05, 4.69) is 10.8 Å². The molecule has 0 aromatic heterocycles. The number of carbonyl (C=O) groups is 2. The summed E-state index contributed by atoms with van der Waals surface area (Å²) in [7, 11) is -5.97. The Kier molecular flexibility index (Phi) is 5.82. The zero-order chi connectivity index (χ0) is 18.8. The number of halogens is 2. The second-order valence-corrected chi connectivity index (χ2v) is 7.91. The Balaban J connectivity index is 1.85. The lowest BCUT2D eigenvalue weighted by Gasteiger charge is -2.35. The van der Waals surface area contributed by atoms with E-state index in [-0.39, 0.29) is 5.92 Å². The van der Waals surface area contributed by atoms with Gasteiger partial charge in [-0.05, 0) is 44.9 Å². The Morgan fingerprint density at radius 3 is 2.72 bits per heavy atom. The molecule has 2 bridgehead atoms. The number of esters is 2. The fraction of sp³-hybridized carbons (Fsp3) is 0.733. The van der Waals surface area contributed by atoms with Crippen LogP contribution in [-0.2, 0) is 29.2 Å². The van der Waals surface area contributed by atoms with Gasteiger partial charge in [-0.25, -0.2) is 9.59 Å². The van der Waals surface area contributed by atoms with Crippen molar-refractivity contribution in [2.45, 2.75) is 50.4 Å². The zero-order valence-electron chi connectivity index (χ0n) is 13.6. The van der Waals surface area contributed by atoms with Gasteiger partial charge in [0.25, 0.3) is 0 Å². The van der Waals surface area contributed by atoms with Crippen LogP contribution in [0.2, 0.25) is 0 Å². The maximum atomic E-state index is 13.0. The van der Waals surface area contributed by atoms with E-state index in [9.17, 15) is 26.8 Å². The highest BCUT2D eigenvalue weighted by Gasteiger charge is 2.54. The van der Waals surface area contributed by atoms with E-state index in [4.69, 9.17) is 9.29 Å². The molecule has 0 aromatic carbocycles. The van der Waals surface area contributed by atoms with Crippen molar-refractivity contribution >= 4 is 22.1 Å². The fourth-order valence-corrected chi connectivity index (χ4v) is 3.54. The molecule has 25 heavy (non-hydrogen) atoms. The van der Waals surface area contributed by atoms with Gasteiger partial charge in [0.15, 0.2) is 6.61 Å². The Hall–Kier alpha value is -1.55. The molecule has 1 fully saturated rings. The van der Waals surface area contributed by atoms with Crippen LogP contribution in [0.4, 0.5) is 8.78 Å². The molecule has 0 amide bonds. The van der Waals surface area contributed by atoms with E-state index < -0.39 is 40.0 Å². The monoisotopic (exact) mass is 382 g/mol. The van der Waals surface area contributed by atoms with Crippen molar-refractivity contribution in [3.8, 4) is 0 Å². The number of ether oxygens (including phenoxy) is 2. The summed E-state index contributed by atoms with van der Waals surface area (Å²) in [4.78, 5) is 22.7. The zero-order valence-corrected chi connectivity index (χ0v) is 14.4. The van der Waals surface area contributed by atoms with Gasteiger partial charge in [-0.15, -0.1) is 0 Å². The fourth-order valence-electron chi connectivity index (χ4n) is 3.27. The molecular formula is C15H20F2O7S. The van der Waals surface area contributed by atoms with E-state index in [1.807, 2.05) is 0 Å². The molecule has 142 valence electrons. The van der Waals surface area contributed by atoms with Crippen molar-refractivity contribution in [3.63, 3.8) is 0 Å². The molecule has 7 nitrogen and oxygen atoms in total. The molecule has 0 radical (unpaired) electrons. The van der Waals surface area contributed by atoms with E-state index >= 15 is 0 Å². The molecule has 2 aliphatic rings. The number of hydrogen-bond donors (Lipinski definition) is 1. The lowest BCUT2D eigenvalue weighted by atomic mass is 9.73. The summed E-state index contributed by atoms with van der Waals surface area (Å²) >= 11 is 0. The van der Waals surface area contributed by atoms with E-state index in [0.29, 0.717) is 5.92 Å². The third-order valence-electron chi connectivity index (χ3n) is 4.52. The second kappa shape index (κ2) is 7.36. The lowest BCUT2D eigenvalue weighted by molar-refractivity contribution is -0.172. The molecule has 3 atom stereocenters. The predicted octanol–water partition coefficient (Wildman–Crippen LogP) is 2.08. The lowest BCUT2D eigenvalue weighted by Crippen LogP contribution is -2.40. The summed E-state index contributed by atoms with van der Waals surface area (Å²) in [6, 6.07) is 0. The summed E-state index contributed by atoms with van der Waals surface area (Å²) < 4.78 is 64.1. The van der Waals surface area contributed by atoms with Crippen LogP contribution in [0.25, 0.3) is 0 Å². The standard InChI is InChI=1S/C15H20F2O7S/c1-9(12-6-10-3-2-4-11(5-10)7-12)24-13(18)8-23-14(19)15(16,17)25(20,21)22/h6,9,11-12H,2-5,7-8H2,1H3,(H,20,21,22). The van der Waals surface area contributed by atoms with Gasteiger partial charge in [0.2, 0.25) is 0 Å². The molecule has 0 saturated heterocycles. The minimum Gasteiger partial charge on any atom is -0.460 e. The summed E-state index contributed by atoms with van der Waals surface area (Å²) in [6.45, 7) is 0.496. The van der Waals surface area contributed by atoms with E-state index in [1.165, 1.54) is 5.57 Å². The largest absolute Gasteiger partial charge is 0.465 e. The van der Waals surface area contributed by atoms with Gasteiger partial charge >= 0.3 is 27.3 Å². The first-order valence-corrected chi connectivity index (χ1v) is 9.36. The molecule has 0 spiro atoms. The molecule has 0 heterocycles. The minimum absolute atomic E-state index is 0.00737.